The van der Waals surface area contributed by atoms with Gasteiger partial charge in [0, 0.05) is 18.1 Å². The topological polar surface area (TPSA) is 24.1 Å². The monoisotopic (exact) mass is 526 g/mol. The van der Waals surface area contributed by atoms with Gasteiger partial charge in [0.1, 0.15) is 0 Å². The van der Waals surface area contributed by atoms with Crippen molar-refractivity contribution in [1.82, 2.24) is 10.6 Å². The van der Waals surface area contributed by atoms with Crippen LogP contribution in [-0.2, 0) is 6.54 Å². The maximum atomic E-state index is 13.7. The van der Waals surface area contributed by atoms with Crippen LogP contribution in [-0.4, -0.2) is 17.8 Å². The van der Waals surface area contributed by atoms with Crippen LogP contribution < -0.4 is 10.6 Å². The maximum Gasteiger partial charge on any atom is 0.399 e. The molecule has 1 atom stereocenters. The molecule has 0 saturated carbocycles. The Balaban J connectivity index is 2.20. The zero-order valence-corrected chi connectivity index (χ0v) is 19.7. The predicted molar refractivity (Wildman–Crippen MR) is 128 cm³/mol. The van der Waals surface area contributed by atoms with Crippen LogP contribution in [0.4, 0.5) is 13.2 Å². The molecule has 1 unspecified atom stereocenters. The summed E-state index contributed by atoms with van der Waals surface area (Å²) < 4.78 is 41.0. The molecule has 0 spiro atoms. The fourth-order valence-corrected chi connectivity index (χ4v) is 3.61. The first-order valence-electron chi connectivity index (χ1n) is 8.83. The molecule has 2 nitrogen and oxygen atoms in total. The van der Waals surface area contributed by atoms with Crippen LogP contribution in [0.5, 0.6) is 0 Å². The number of halogens is 7. The third-order valence-corrected chi connectivity index (χ3v) is 5.96. The second-order valence-electron chi connectivity index (χ2n) is 6.38. The molecule has 0 bridgehead atoms. The molecule has 0 aromatic heterocycles. The fraction of sp³-hybridized carbons (Fsp3) is 0.190. The number of hydrogen-bond acceptors (Lipinski definition) is 1. The molecular formula is C21H17Cl4F3N2S. The van der Waals surface area contributed by atoms with Crippen LogP contribution in [0.25, 0.3) is 6.08 Å². The number of benzene rings is 2. The highest BCUT2D eigenvalue weighted by Crippen LogP contribution is 2.41. The van der Waals surface area contributed by atoms with E-state index in [0.29, 0.717) is 28.8 Å². The molecule has 2 aromatic rings. The van der Waals surface area contributed by atoms with E-state index in [0.717, 1.165) is 23.8 Å². The van der Waals surface area contributed by atoms with Crippen LogP contribution in [0.15, 0.2) is 49.1 Å². The molecule has 0 fully saturated rings. The predicted octanol–water partition coefficient (Wildman–Crippen LogP) is 7.81. The Kier molecular flexibility index (Phi) is 9.52. The van der Waals surface area contributed by atoms with Gasteiger partial charge in [-0.15, -0.1) is 6.58 Å². The summed E-state index contributed by atoms with van der Waals surface area (Å²) >= 11 is 29.0. The average Bonchev–Trinajstić information content (AvgIpc) is 2.68. The Hall–Kier alpha value is -1.44. The summed E-state index contributed by atoms with van der Waals surface area (Å²) in [5, 5.41) is 6.65. The first-order valence-corrected chi connectivity index (χ1v) is 10.7. The minimum Gasteiger partial charge on any atom is -0.359 e. The Morgan fingerprint density at radius 2 is 1.68 bits per heavy atom. The Bertz CT molecular complexity index is 970. The van der Waals surface area contributed by atoms with Gasteiger partial charge < -0.3 is 10.6 Å². The van der Waals surface area contributed by atoms with Gasteiger partial charge in [-0.3, -0.25) is 0 Å². The summed E-state index contributed by atoms with van der Waals surface area (Å²) in [6.45, 7) is 4.47. The molecule has 2 aromatic carbocycles. The zero-order valence-electron chi connectivity index (χ0n) is 15.9. The normalized spacial score (nSPS) is 12.6. The SMILES string of the molecule is C=CCNC(=S)NCc1ccc(/C=C/C(c2cc(Cl)c(Cl)c(Cl)c2)C(F)(F)F)cc1Cl. The lowest BCUT2D eigenvalue weighted by atomic mass is 9.97. The second kappa shape index (κ2) is 11.4. The summed E-state index contributed by atoms with van der Waals surface area (Å²) in [6, 6.07) is 7.26. The lowest BCUT2D eigenvalue weighted by molar-refractivity contribution is -0.139. The smallest absolute Gasteiger partial charge is 0.359 e. The molecule has 0 saturated heterocycles. The van der Waals surface area contributed by atoms with E-state index in [4.69, 9.17) is 58.6 Å². The summed E-state index contributed by atoms with van der Waals surface area (Å²) in [5.41, 5.74) is 1.13. The molecule has 166 valence electrons. The molecule has 0 radical (unpaired) electrons. The van der Waals surface area contributed by atoms with Gasteiger partial charge in [-0.25, -0.2) is 0 Å². The second-order valence-corrected chi connectivity index (χ2v) is 8.39. The standard InChI is InChI=1S/C21H17Cl4F3N2S/c1-2-7-29-20(31)30-11-13-5-3-12(8-16(13)22)4-6-15(21(26,27)28)14-9-17(23)19(25)18(24)10-14/h2-6,8-10,15H,1,7,11H2,(H2,29,30,31)/b6-4+. The number of alkyl halides is 3. The van der Waals surface area contributed by atoms with Crippen molar-refractivity contribution >= 4 is 69.8 Å². The van der Waals surface area contributed by atoms with E-state index in [9.17, 15) is 13.2 Å². The van der Waals surface area contributed by atoms with E-state index in [1.165, 1.54) is 6.08 Å². The number of nitrogens with one attached hydrogen (secondary N) is 2. The quantitative estimate of drug-likeness (QED) is 0.218. The first-order chi connectivity index (χ1) is 14.5. The van der Waals surface area contributed by atoms with Gasteiger partial charge in [0.25, 0.3) is 0 Å². The van der Waals surface area contributed by atoms with Crippen molar-refractivity contribution in [2.75, 3.05) is 6.54 Å². The summed E-state index contributed by atoms with van der Waals surface area (Å²) in [7, 11) is 0. The van der Waals surface area contributed by atoms with Crippen LogP contribution in [0.3, 0.4) is 0 Å². The van der Waals surface area contributed by atoms with Gasteiger partial charge in [0.2, 0.25) is 0 Å². The number of allylic oxidation sites excluding steroid dienone is 1. The third-order valence-electron chi connectivity index (χ3n) is 4.12. The largest absolute Gasteiger partial charge is 0.399 e. The van der Waals surface area contributed by atoms with Crippen molar-refractivity contribution in [2.24, 2.45) is 0 Å². The Morgan fingerprint density at radius 1 is 1.03 bits per heavy atom. The van der Waals surface area contributed by atoms with Gasteiger partial charge >= 0.3 is 6.18 Å². The van der Waals surface area contributed by atoms with E-state index < -0.39 is 12.1 Å². The highest BCUT2D eigenvalue weighted by molar-refractivity contribution is 7.80. The van der Waals surface area contributed by atoms with Crippen molar-refractivity contribution in [3.8, 4) is 0 Å². The lowest BCUT2D eigenvalue weighted by Gasteiger charge is -2.18. The Morgan fingerprint density at radius 3 is 2.23 bits per heavy atom. The van der Waals surface area contributed by atoms with Crippen LogP contribution in [0, 0.1) is 0 Å². The average molecular weight is 528 g/mol. The number of hydrogen-bond donors (Lipinski definition) is 2. The number of thiocarbonyl (C=S) groups is 1. The Labute approximate surface area is 204 Å². The van der Waals surface area contributed by atoms with Crippen LogP contribution in [0.2, 0.25) is 20.1 Å². The van der Waals surface area contributed by atoms with Gasteiger partial charge in [0.15, 0.2) is 5.11 Å². The molecule has 0 aliphatic heterocycles. The van der Waals surface area contributed by atoms with Crippen molar-refractivity contribution in [3.05, 3.63) is 85.8 Å². The zero-order chi connectivity index (χ0) is 23.2. The summed E-state index contributed by atoms with van der Waals surface area (Å²) in [6.07, 6.45) is -0.525. The molecule has 0 aliphatic rings. The van der Waals surface area contributed by atoms with Gasteiger partial charge in [-0.05, 0) is 47.1 Å². The third kappa shape index (κ3) is 7.58. The van der Waals surface area contributed by atoms with Crippen molar-refractivity contribution in [2.45, 2.75) is 18.6 Å². The lowest BCUT2D eigenvalue weighted by Crippen LogP contribution is -2.34. The molecule has 10 heteroatoms. The van der Waals surface area contributed by atoms with Crippen LogP contribution >= 0.6 is 58.6 Å². The summed E-state index contributed by atoms with van der Waals surface area (Å²) in [5.74, 6) is -1.92. The van der Waals surface area contributed by atoms with E-state index in [1.54, 1.807) is 24.3 Å². The minimum atomic E-state index is -4.56. The van der Waals surface area contributed by atoms with E-state index >= 15 is 0 Å². The highest BCUT2D eigenvalue weighted by atomic mass is 35.5. The highest BCUT2D eigenvalue weighted by Gasteiger charge is 2.39. The molecule has 2 N–H and O–H groups in total. The van der Waals surface area contributed by atoms with Gasteiger partial charge in [0.05, 0.1) is 21.0 Å². The van der Waals surface area contributed by atoms with Crippen molar-refractivity contribution in [1.29, 1.82) is 0 Å². The van der Waals surface area contributed by atoms with Crippen LogP contribution in [0.1, 0.15) is 22.6 Å². The van der Waals surface area contributed by atoms with E-state index in [1.807, 2.05) is 0 Å². The molecule has 0 heterocycles. The summed E-state index contributed by atoms with van der Waals surface area (Å²) in [4.78, 5) is 0. The molecule has 0 aliphatic carbocycles. The minimum absolute atomic E-state index is 0.00661. The fourth-order valence-electron chi connectivity index (χ4n) is 2.58. The van der Waals surface area contributed by atoms with Gasteiger partial charge in [-0.1, -0.05) is 76.8 Å². The van der Waals surface area contributed by atoms with Crippen molar-refractivity contribution < 1.29 is 13.2 Å². The number of rotatable bonds is 7. The molecular weight excluding hydrogens is 511 g/mol. The van der Waals surface area contributed by atoms with Gasteiger partial charge in [-0.2, -0.15) is 13.2 Å². The molecule has 31 heavy (non-hydrogen) atoms. The first kappa shape index (κ1) is 25.8. The molecule has 2 rings (SSSR count). The van der Waals surface area contributed by atoms with Crippen molar-refractivity contribution in [3.63, 3.8) is 0 Å². The maximum absolute atomic E-state index is 13.7. The van der Waals surface area contributed by atoms with E-state index in [-0.39, 0.29) is 20.6 Å². The van der Waals surface area contributed by atoms with E-state index in [2.05, 4.69) is 17.2 Å². The molecule has 0 amide bonds.